The number of imide groups is 1. The summed E-state index contributed by atoms with van der Waals surface area (Å²) in [7, 11) is 0. The van der Waals surface area contributed by atoms with Crippen LogP contribution < -0.4 is 10.2 Å². The van der Waals surface area contributed by atoms with E-state index >= 15 is 0 Å². The highest BCUT2D eigenvalue weighted by Gasteiger charge is 2.35. The average Bonchev–Trinajstić information content (AvgIpc) is 2.33. The molecule has 1 aliphatic heterocycles. The number of carbonyl (C=O) groups excluding carboxylic acids is 2. The third-order valence-electron chi connectivity index (χ3n) is 3.29. The molecule has 1 fully saturated rings. The third kappa shape index (κ3) is 2.95. The molecule has 1 aromatic rings. The molecule has 19 heavy (non-hydrogen) atoms. The van der Waals surface area contributed by atoms with Crippen molar-refractivity contribution in [2.45, 2.75) is 27.2 Å². The fraction of sp³-hybridized carbons (Fsp3) is 0.467. The van der Waals surface area contributed by atoms with Gasteiger partial charge >= 0.3 is 6.03 Å². The minimum Gasteiger partial charge on any atom is -0.337 e. The van der Waals surface area contributed by atoms with Crippen molar-refractivity contribution in [1.82, 2.24) is 5.32 Å². The van der Waals surface area contributed by atoms with Gasteiger partial charge in [-0.3, -0.25) is 4.79 Å². The predicted octanol–water partition coefficient (Wildman–Crippen LogP) is 2.71. The van der Waals surface area contributed by atoms with E-state index in [1.54, 1.807) is 6.07 Å². The summed E-state index contributed by atoms with van der Waals surface area (Å²) in [6.45, 7) is 6.56. The van der Waals surface area contributed by atoms with E-state index in [-0.39, 0.29) is 17.9 Å². The summed E-state index contributed by atoms with van der Waals surface area (Å²) in [6, 6.07) is 7.13. The normalized spacial score (nSPS) is 19.8. The van der Waals surface area contributed by atoms with Crippen LogP contribution in [0.3, 0.4) is 0 Å². The van der Waals surface area contributed by atoms with Gasteiger partial charge in [-0.05, 0) is 37.0 Å². The first-order chi connectivity index (χ1) is 8.99. The molecule has 102 valence electrons. The van der Waals surface area contributed by atoms with Crippen molar-refractivity contribution in [3.63, 3.8) is 0 Å². The highest BCUT2D eigenvalue weighted by atomic mass is 16.2. The predicted molar refractivity (Wildman–Crippen MR) is 75.0 cm³/mol. The molecule has 1 unspecified atom stereocenters. The quantitative estimate of drug-likeness (QED) is 0.908. The molecule has 2 rings (SSSR count). The number of urea groups is 1. The van der Waals surface area contributed by atoms with Gasteiger partial charge in [0.1, 0.15) is 0 Å². The number of hydrogen-bond donors (Lipinski definition) is 1. The van der Waals surface area contributed by atoms with Gasteiger partial charge in [0.25, 0.3) is 0 Å². The largest absolute Gasteiger partial charge is 0.337 e. The molecule has 0 aliphatic carbocycles. The Balaban J connectivity index is 2.26. The molecule has 0 aromatic heterocycles. The summed E-state index contributed by atoms with van der Waals surface area (Å²) in [5.41, 5.74) is 1.68. The van der Waals surface area contributed by atoms with Gasteiger partial charge in [0.05, 0.1) is 11.6 Å². The Morgan fingerprint density at radius 2 is 2.11 bits per heavy atom. The first-order valence-corrected chi connectivity index (χ1v) is 6.67. The van der Waals surface area contributed by atoms with Crippen molar-refractivity contribution >= 4 is 17.6 Å². The van der Waals surface area contributed by atoms with E-state index in [4.69, 9.17) is 0 Å². The molecule has 0 radical (unpaired) electrons. The number of amides is 3. The number of anilines is 1. The van der Waals surface area contributed by atoms with Crippen LogP contribution in [0, 0.1) is 18.8 Å². The highest BCUT2D eigenvalue weighted by Crippen LogP contribution is 2.24. The summed E-state index contributed by atoms with van der Waals surface area (Å²) < 4.78 is 0. The first kappa shape index (κ1) is 13.6. The summed E-state index contributed by atoms with van der Waals surface area (Å²) >= 11 is 0. The van der Waals surface area contributed by atoms with E-state index < -0.39 is 0 Å². The molecule has 1 aromatic carbocycles. The summed E-state index contributed by atoms with van der Waals surface area (Å²) in [4.78, 5) is 25.7. The lowest BCUT2D eigenvalue weighted by molar-refractivity contribution is -0.122. The number of benzene rings is 1. The Morgan fingerprint density at radius 3 is 2.74 bits per heavy atom. The smallest absolute Gasteiger partial charge is 0.328 e. The molecule has 4 nitrogen and oxygen atoms in total. The lowest BCUT2D eigenvalue weighted by atomic mass is 9.94. The number of rotatable bonds is 3. The van der Waals surface area contributed by atoms with Crippen LogP contribution in [0.4, 0.5) is 10.5 Å². The molecule has 1 N–H and O–H groups in total. The maximum Gasteiger partial charge on any atom is 0.328 e. The number of nitrogens with zero attached hydrogens (tertiary/aromatic N) is 1. The molecule has 4 heteroatoms. The highest BCUT2D eigenvalue weighted by molar-refractivity contribution is 6.16. The molecule has 1 saturated heterocycles. The number of carbonyl (C=O) groups is 2. The summed E-state index contributed by atoms with van der Waals surface area (Å²) in [6.07, 6.45) is 0.793. The Labute approximate surface area is 113 Å². The van der Waals surface area contributed by atoms with E-state index in [2.05, 4.69) is 19.2 Å². The van der Waals surface area contributed by atoms with E-state index in [9.17, 15) is 9.59 Å². The van der Waals surface area contributed by atoms with Crippen molar-refractivity contribution in [1.29, 1.82) is 0 Å². The average molecular weight is 260 g/mol. The van der Waals surface area contributed by atoms with E-state index in [1.165, 1.54) is 4.90 Å². The van der Waals surface area contributed by atoms with Crippen LogP contribution in [0.2, 0.25) is 0 Å². The summed E-state index contributed by atoms with van der Waals surface area (Å²) in [5.74, 6) is 0.213. The van der Waals surface area contributed by atoms with Gasteiger partial charge < -0.3 is 5.32 Å². The van der Waals surface area contributed by atoms with Crippen molar-refractivity contribution in [3.8, 4) is 0 Å². The minimum absolute atomic E-state index is 0.0944. The third-order valence-corrected chi connectivity index (χ3v) is 3.29. The molecular weight excluding hydrogens is 240 g/mol. The van der Waals surface area contributed by atoms with Crippen molar-refractivity contribution in [3.05, 3.63) is 29.8 Å². The molecule has 3 amide bonds. The van der Waals surface area contributed by atoms with Crippen LogP contribution >= 0.6 is 0 Å². The zero-order chi connectivity index (χ0) is 14.0. The van der Waals surface area contributed by atoms with Crippen LogP contribution in [0.15, 0.2) is 24.3 Å². The Hall–Kier alpha value is -1.84. The van der Waals surface area contributed by atoms with E-state index in [0.717, 1.165) is 12.0 Å². The second kappa shape index (κ2) is 5.43. The second-order valence-corrected chi connectivity index (χ2v) is 5.53. The maximum absolute atomic E-state index is 12.4. The van der Waals surface area contributed by atoms with Crippen LogP contribution in [-0.4, -0.2) is 18.5 Å². The zero-order valence-electron chi connectivity index (χ0n) is 11.6. The van der Waals surface area contributed by atoms with Crippen LogP contribution in [0.1, 0.15) is 25.8 Å². The Kier molecular flexibility index (Phi) is 3.88. The molecule has 1 aliphatic rings. The fourth-order valence-corrected chi connectivity index (χ4v) is 2.42. The van der Waals surface area contributed by atoms with Crippen LogP contribution in [0.25, 0.3) is 0 Å². The zero-order valence-corrected chi connectivity index (χ0v) is 11.6. The number of aryl methyl sites for hydroxylation is 1. The van der Waals surface area contributed by atoms with Crippen molar-refractivity contribution in [2.24, 2.45) is 11.8 Å². The van der Waals surface area contributed by atoms with Gasteiger partial charge in [-0.25, -0.2) is 9.69 Å². The van der Waals surface area contributed by atoms with Crippen LogP contribution in [-0.2, 0) is 4.79 Å². The number of hydrogen-bond acceptors (Lipinski definition) is 2. The number of nitrogens with one attached hydrogen (secondary N) is 1. The van der Waals surface area contributed by atoms with E-state index in [0.29, 0.717) is 18.2 Å². The van der Waals surface area contributed by atoms with Gasteiger partial charge in [-0.15, -0.1) is 0 Å². The Bertz CT molecular complexity index is 497. The molecule has 0 bridgehead atoms. The summed E-state index contributed by atoms with van der Waals surface area (Å²) in [5, 5.41) is 2.80. The minimum atomic E-state index is -0.324. The van der Waals surface area contributed by atoms with Crippen molar-refractivity contribution in [2.75, 3.05) is 11.4 Å². The SMILES string of the molecule is Cc1cccc(N2C(=O)NCC(CC(C)C)C2=O)c1. The van der Waals surface area contributed by atoms with Gasteiger partial charge in [0.15, 0.2) is 0 Å². The second-order valence-electron chi connectivity index (χ2n) is 5.53. The standard InChI is InChI=1S/C15H20N2O2/c1-10(2)7-12-9-16-15(19)17(14(12)18)13-6-4-5-11(3)8-13/h4-6,8,10,12H,7,9H2,1-3H3,(H,16,19). The van der Waals surface area contributed by atoms with E-state index in [1.807, 2.05) is 25.1 Å². The van der Waals surface area contributed by atoms with Crippen LogP contribution in [0.5, 0.6) is 0 Å². The monoisotopic (exact) mass is 260 g/mol. The van der Waals surface area contributed by atoms with Gasteiger partial charge in [0.2, 0.25) is 5.91 Å². The maximum atomic E-state index is 12.4. The Morgan fingerprint density at radius 1 is 1.37 bits per heavy atom. The van der Waals surface area contributed by atoms with Gasteiger partial charge in [-0.2, -0.15) is 0 Å². The first-order valence-electron chi connectivity index (χ1n) is 6.67. The molecule has 1 heterocycles. The molecule has 0 saturated carbocycles. The lowest BCUT2D eigenvalue weighted by Gasteiger charge is -2.32. The molecular formula is C15H20N2O2. The van der Waals surface area contributed by atoms with Crippen molar-refractivity contribution < 1.29 is 9.59 Å². The topological polar surface area (TPSA) is 49.4 Å². The molecule has 1 atom stereocenters. The fourth-order valence-electron chi connectivity index (χ4n) is 2.42. The van der Waals surface area contributed by atoms with Gasteiger partial charge in [0, 0.05) is 6.54 Å². The molecule has 0 spiro atoms. The van der Waals surface area contributed by atoms with Gasteiger partial charge in [-0.1, -0.05) is 26.0 Å². The lowest BCUT2D eigenvalue weighted by Crippen LogP contribution is -2.55.